The number of unbranched alkanes of at least 4 members (excludes halogenated alkanes) is 12. The van der Waals surface area contributed by atoms with Crippen LogP contribution in [0.3, 0.4) is 0 Å². The lowest BCUT2D eigenvalue weighted by atomic mass is 10.00. The fourth-order valence-electron chi connectivity index (χ4n) is 3.84. The molecule has 1 aliphatic rings. The van der Waals surface area contributed by atoms with E-state index >= 15 is 0 Å². The Balaban J connectivity index is 2.06. The predicted octanol–water partition coefficient (Wildman–Crippen LogP) is 3.45. The van der Waals surface area contributed by atoms with Gasteiger partial charge in [-0.1, -0.05) is 77.0 Å². The standard InChI is InChI=1S/C22H39O11P/c23-16(18(26)20-19(27)21(22(28)32-20)33-34(29,30)31)14-12-10-8-6-4-2-1-3-5-7-9-11-13-15-17(24)25/h16,18,20,23,26-27H,1-15H2,(H,24,25)(H2,29,30,31)/t16?,18-,20+/m0/s1. The number of aliphatic carboxylic acids is 1. The number of carbonyl (C=O) groups is 2. The Hall–Kier alpha value is -1.65. The Labute approximate surface area is 200 Å². The van der Waals surface area contributed by atoms with Gasteiger partial charge < -0.3 is 29.7 Å². The molecule has 34 heavy (non-hydrogen) atoms. The van der Waals surface area contributed by atoms with Gasteiger partial charge in [-0.25, -0.2) is 9.36 Å². The van der Waals surface area contributed by atoms with Crippen LogP contribution in [0.25, 0.3) is 0 Å². The highest BCUT2D eigenvalue weighted by Crippen LogP contribution is 2.42. The van der Waals surface area contributed by atoms with Gasteiger partial charge in [0.2, 0.25) is 0 Å². The maximum Gasteiger partial charge on any atom is 0.525 e. The topological polar surface area (TPSA) is 191 Å². The number of carboxylic acids is 1. The van der Waals surface area contributed by atoms with E-state index in [1.54, 1.807) is 0 Å². The van der Waals surface area contributed by atoms with Crippen molar-refractivity contribution < 1.29 is 53.6 Å². The maximum atomic E-state index is 11.6. The second kappa shape index (κ2) is 16.1. The van der Waals surface area contributed by atoms with Crippen LogP contribution in [0.4, 0.5) is 0 Å². The first kappa shape index (κ1) is 30.4. The van der Waals surface area contributed by atoms with E-state index in [2.05, 4.69) is 9.26 Å². The number of cyclic esters (lactones) is 1. The zero-order chi connectivity index (χ0) is 25.6. The van der Waals surface area contributed by atoms with Gasteiger partial charge in [-0.05, 0) is 12.8 Å². The summed E-state index contributed by atoms with van der Waals surface area (Å²) < 4.78 is 19.6. The molecule has 0 saturated heterocycles. The molecule has 12 heteroatoms. The van der Waals surface area contributed by atoms with Gasteiger partial charge in [0.1, 0.15) is 6.10 Å². The van der Waals surface area contributed by atoms with E-state index in [9.17, 15) is 29.5 Å². The molecular formula is C22H39O11P. The lowest BCUT2D eigenvalue weighted by molar-refractivity contribution is -0.150. The lowest BCUT2D eigenvalue weighted by Gasteiger charge is -2.22. The van der Waals surface area contributed by atoms with Gasteiger partial charge in [0.25, 0.3) is 5.76 Å². The van der Waals surface area contributed by atoms with Gasteiger partial charge >= 0.3 is 19.8 Å². The Morgan fingerprint density at radius 2 is 1.32 bits per heavy atom. The second-order valence-corrected chi connectivity index (χ2v) is 9.87. The van der Waals surface area contributed by atoms with Crippen LogP contribution in [0.2, 0.25) is 0 Å². The number of hydrogen-bond acceptors (Lipinski definition) is 8. The van der Waals surface area contributed by atoms with Crippen LogP contribution in [-0.4, -0.2) is 60.5 Å². The van der Waals surface area contributed by atoms with E-state index in [4.69, 9.17) is 14.9 Å². The number of rotatable bonds is 20. The first-order valence-electron chi connectivity index (χ1n) is 12.0. The highest BCUT2D eigenvalue weighted by Gasteiger charge is 2.44. The predicted molar refractivity (Wildman–Crippen MR) is 122 cm³/mol. The fraction of sp³-hybridized carbons (Fsp3) is 0.818. The summed E-state index contributed by atoms with van der Waals surface area (Å²) >= 11 is 0. The quantitative estimate of drug-likeness (QED) is 0.0798. The zero-order valence-corrected chi connectivity index (χ0v) is 20.4. The first-order valence-corrected chi connectivity index (χ1v) is 13.5. The average molecular weight is 511 g/mol. The van der Waals surface area contributed by atoms with Gasteiger partial charge in [-0.2, -0.15) is 0 Å². The SMILES string of the molecule is O=C(O)CCCCCCCCCCCCCCCC(O)[C@H](O)[C@H]1OC(=O)C(OP(=O)(O)O)=C1O. The van der Waals surface area contributed by atoms with Crippen molar-refractivity contribution in [1.82, 2.24) is 0 Å². The molecule has 0 amide bonds. The van der Waals surface area contributed by atoms with Crippen molar-refractivity contribution >= 4 is 19.8 Å². The number of phosphoric ester groups is 1. The molecule has 11 nitrogen and oxygen atoms in total. The van der Waals surface area contributed by atoms with Crippen molar-refractivity contribution in [2.45, 2.75) is 115 Å². The van der Waals surface area contributed by atoms with Crippen molar-refractivity contribution in [2.75, 3.05) is 0 Å². The number of ether oxygens (including phenoxy) is 1. The molecule has 0 aromatic carbocycles. The van der Waals surface area contributed by atoms with Gasteiger partial charge in [0, 0.05) is 6.42 Å². The third-order valence-corrected chi connectivity index (χ3v) is 6.15. The normalized spacial score (nSPS) is 18.1. The van der Waals surface area contributed by atoms with E-state index in [-0.39, 0.29) is 12.8 Å². The zero-order valence-electron chi connectivity index (χ0n) is 19.5. The first-order chi connectivity index (χ1) is 16.0. The van der Waals surface area contributed by atoms with Crippen LogP contribution in [0.5, 0.6) is 0 Å². The van der Waals surface area contributed by atoms with Gasteiger partial charge in [0.05, 0.1) is 6.10 Å². The summed E-state index contributed by atoms with van der Waals surface area (Å²) in [4.78, 5) is 39.5. The van der Waals surface area contributed by atoms with E-state index in [0.717, 1.165) is 57.8 Å². The van der Waals surface area contributed by atoms with Crippen LogP contribution in [-0.2, 0) is 23.4 Å². The summed E-state index contributed by atoms with van der Waals surface area (Å²) in [6, 6.07) is 0. The Morgan fingerprint density at radius 1 is 0.882 bits per heavy atom. The van der Waals surface area contributed by atoms with E-state index < -0.39 is 49.6 Å². The summed E-state index contributed by atoms with van der Waals surface area (Å²) in [5.74, 6) is -4.08. The van der Waals surface area contributed by atoms with Crippen LogP contribution in [0.1, 0.15) is 96.3 Å². The van der Waals surface area contributed by atoms with Crippen molar-refractivity contribution in [3.8, 4) is 0 Å². The number of aliphatic hydroxyl groups is 3. The fourth-order valence-corrected chi connectivity index (χ4v) is 4.25. The minimum absolute atomic E-state index is 0.212. The van der Waals surface area contributed by atoms with Crippen molar-refractivity contribution in [3.63, 3.8) is 0 Å². The molecule has 0 aromatic rings. The van der Waals surface area contributed by atoms with Gasteiger partial charge in [-0.3, -0.25) is 14.6 Å². The maximum absolute atomic E-state index is 11.6. The lowest BCUT2D eigenvalue weighted by Crippen LogP contribution is -2.39. The Bertz CT molecular complexity index is 703. The summed E-state index contributed by atoms with van der Waals surface area (Å²) in [6.07, 6.45) is 9.23. The molecule has 0 saturated carbocycles. The number of carboxylic acid groups (broad SMARTS) is 1. The molecule has 3 atom stereocenters. The molecule has 6 N–H and O–H groups in total. The monoisotopic (exact) mass is 510 g/mol. The van der Waals surface area contributed by atoms with Crippen molar-refractivity contribution in [3.05, 3.63) is 11.5 Å². The smallest absolute Gasteiger partial charge is 0.505 e. The molecule has 0 fully saturated rings. The van der Waals surface area contributed by atoms with E-state index in [1.807, 2.05) is 0 Å². The number of hydrogen-bond donors (Lipinski definition) is 6. The minimum Gasteiger partial charge on any atom is -0.505 e. The van der Waals surface area contributed by atoms with E-state index in [1.165, 1.54) is 19.3 Å². The number of carbonyl (C=O) groups excluding carboxylic acids is 1. The molecule has 198 valence electrons. The molecular weight excluding hydrogens is 471 g/mol. The molecule has 1 aliphatic heterocycles. The van der Waals surface area contributed by atoms with E-state index in [0.29, 0.717) is 6.42 Å². The molecule has 0 bridgehead atoms. The molecule has 1 rings (SSSR count). The molecule has 1 unspecified atom stereocenters. The van der Waals surface area contributed by atoms with Crippen LogP contribution in [0.15, 0.2) is 11.5 Å². The number of aliphatic hydroxyl groups excluding tert-OH is 3. The number of phosphoric acid groups is 1. The highest BCUT2D eigenvalue weighted by atomic mass is 31.2. The highest BCUT2D eigenvalue weighted by molar-refractivity contribution is 7.46. The molecule has 1 heterocycles. The molecule has 0 aromatic heterocycles. The summed E-state index contributed by atoms with van der Waals surface area (Å²) in [6.45, 7) is 0. The van der Waals surface area contributed by atoms with Crippen molar-refractivity contribution in [1.29, 1.82) is 0 Å². The molecule has 0 spiro atoms. The minimum atomic E-state index is -5.10. The summed E-state index contributed by atoms with van der Waals surface area (Å²) in [7, 11) is -5.10. The second-order valence-electron chi connectivity index (χ2n) is 8.71. The average Bonchev–Trinajstić information content (AvgIpc) is 3.02. The largest absolute Gasteiger partial charge is 0.525 e. The van der Waals surface area contributed by atoms with Gasteiger partial charge in [0.15, 0.2) is 11.9 Å². The Kier molecular flexibility index (Phi) is 14.4. The van der Waals surface area contributed by atoms with Gasteiger partial charge in [-0.15, -0.1) is 0 Å². The van der Waals surface area contributed by atoms with Crippen LogP contribution >= 0.6 is 7.82 Å². The summed E-state index contributed by atoms with van der Waals surface area (Å²) in [5.41, 5.74) is 0. The summed E-state index contributed by atoms with van der Waals surface area (Å²) in [5, 5.41) is 38.7. The van der Waals surface area contributed by atoms with Crippen LogP contribution in [0, 0.1) is 0 Å². The van der Waals surface area contributed by atoms with Crippen LogP contribution < -0.4 is 0 Å². The number of esters is 1. The third-order valence-electron chi connectivity index (χ3n) is 5.73. The third kappa shape index (κ3) is 12.7. The molecule has 0 radical (unpaired) electrons. The van der Waals surface area contributed by atoms with Crippen molar-refractivity contribution in [2.24, 2.45) is 0 Å². The Morgan fingerprint density at radius 3 is 1.76 bits per heavy atom. The molecule has 0 aliphatic carbocycles.